The molecule has 0 aliphatic heterocycles. The number of ether oxygens (including phenoxy) is 1. The highest BCUT2D eigenvalue weighted by molar-refractivity contribution is 5.83. The molecule has 0 heterocycles. The number of carbonyl (C=O) groups is 3. The molecule has 0 aromatic heterocycles. The van der Waals surface area contributed by atoms with Crippen molar-refractivity contribution in [3.8, 4) is 5.75 Å². The number of aryl methyl sites for hydroxylation is 2. The largest absolute Gasteiger partial charge is 0.483 e. The number of amides is 2. The fourth-order valence-electron chi connectivity index (χ4n) is 2.12. The van der Waals surface area contributed by atoms with Gasteiger partial charge in [-0.15, -0.1) is 0 Å². The van der Waals surface area contributed by atoms with Crippen molar-refractivity contribution in [1.29, 1.82) is 0 Å². The number of rotatable bonds is 9. The Morgan fingerprint density at radius 1 is 0.917 bits per heavy atom. The quantitative estimate of drug-likeness (QED) is 0.672. The molecule has 132 valence electrons. The highest BCUT2D eigenvalue weighted by Gasteiger charge is 2.09. The summed E-state index contributed by atoms with van der Waals surface area (Å²) < 4.78 is 5.62. The molecule has 1 aromatic carbocycles. The van der Waals surface area contributed by atoms with E-state index < -0.39 is 0 Å². The van der Waals surface area contributed by atoms with Crippen LogP contribution in [0.3, 0.4) is 0 Å². The van der Waals surface area contributed by atoms with Crippen LogP contribution < -0.4 is 15.4 Å². The lowest BCUT2D eigenvalue weighted by Crippen LogP contribution is -2.36. The van der Waals surface area contributed by atoms with Crippen molar-refractivity contribution in [2.75, 3.05) is 19.7 Å². The van der Waals surface area contributed by atoms with Gasteiger partial charge in [-0.05, 0) is 44.4 Å². The Balaban J connectivity index is 2.27. The molecule has 6 nitrogen and oxygen atoms in total. The zero-order valence-corrected chi connectivity index (χ0v) is 14.8. The minimum absolute atomic E-state index is 0.0164. The maximum absolute atomic E-state index is 11.8. The second-order valence-electron chi connectivity index (χ2n) is 5.84. The van der Waals surface area contributed by atoms with Crippen LogP contribution in [0.2, 0.25) is 0 Å². The number of carbonyl (C=O) groups excluding carboxylic acids is 3. The molecule has 1 aromatic rings. The lowest BCUT2D eigenvalue weighted by atomic mass is 10.1. The lowest BCUT2D eigenvalue weighted by Gasteiger charge is -2.14. The number of benzene rings is 1. The highest BCUT2D eigenvalue weighted by atomic mass is 16.5. The Kier molecular flexibility index (Phi) is 7.95. The summed E-state index contributed by atoms with van der Waals surface area (Å²) in [5.74, 6) is 0.287. The fraction of sp³-hybridized carbons (Fsp3) is 0.500. The molecule has 0 unspecified atom stereocenters. The van der Waals surface area contributed by atoms with E-state index in [1.54, 1.807) is 0 Å². The molecule has 0 radical (unpaired) electrons. The Bertz CT molecular complexity index is 611. The number of nitrogens with one attached hydrogen (secondary N) is 2. The second kappa shape index (κ2) is 9.70. The van der Waals surface area contributed by atoms with Crippen LogP contribution in [0, 0.1) is 20.8 Å². The van der Waals surface area contributed by atoms with Crippen LogP contribution in [0.15, 0.2) is 12.1 Å². The summed E-state index contributed by atoms with van der Waals surface area (Å²) in [4.78, 5) is 34.0. The number of ketones is 1. The molecule has 0 spiro atoms. The van der Waals surface area contributed by atoms with Gasteiger partial charge < -0.3 is 20.2 Å². The van der Waals surface area contributed by atoms with Crippen LogP contribution in [-0.4, -0.2) is 37.3 Å². The summed E-state index contributed by atoms with van der Waals surface area (Å²) in [6.07, 6.45) is 0.416. The zero-order chi connectivity index (χ0) is 18.1. The minimum atomic E-state index is -0.242. The summed E-state index contributed by atoms with van der Waals surface area (Å²) >= 11 is 0. The predicted octanol–water partition coefficient (Wildman–Crippen LogP) is 1.59. The normalized spacial score (nSPS) is 10.2. The number of hydrogen-bond acceptors (Lipinski definition) is 4. The molecule has 1 rings (SSSR count). The van der Waals surface area contributed by atoms with Gasteiger partial charge in [0, 0.05) is 25.9 Å². The zero-order valence-electron chi connectivity index (χ0n) is 14.8. The van der Waals surface area contributed by atoms with Crippen molar-refractivity contribution < 1.29 is 19.1 Å². The average Bonchev–Trinajstić information content (AvgIpc) is 2.53. The smallest absolute Gasteiger partial charge is 0.258 e. The molecule has 0 saturated carbocycles. The molecule has 0 aliphatic rings. The third kappa shape index (κ3) is 6.81. The molecule has 6 heteroatoms. The van der Waals surface area contributed by atoms with Gasteiger partial charge in [0.1, 0.15) is 11.5 Å². The van der Waals surface area contributed by atoms with Crippen molar-refractivity contribution >= 4 is 17.6 Å². The van der Waals surface area contributed by atoms with E-state index in [2.05, 4.69) is 10.6 Å². The van der Waals surface area contributed by atoms with Crippen LogP contribution in [-0.2, 0) is 14.4 Å². The van der Waals surface area contributed by atoms with Gasteiger partial charge in [0.05, 0.1) is 0 Å². The minimum Gasteiger partial charge on any atom is -0.483 e. The van der Waals surface area contributed by atoms with Crippen molar-refractivity contribution in [3.05, 3.63) is 28.8 Å². The molecule has 24 heavy (non-hydrogen) atoms. The van der Waals surface area contributed by atoms with Crippen LogP contribution in [0.4, 0.5) is 0 Å². The van der Waals surface area contributed by atoms with E-state index in [-0.39, 0.29) is 37.0 Å². The van der Waals surface area contributed by atoms with Gasteiger partial charge in [-0.2, -0.15) is 0 Å². The maximum Gasteiger partial charge on any atom is 0.258 e. The topological polar surface area (TPSA) is 84.5 Å². The van der Waals surface area contributed by atoms with Crippen molar-refractivity contribution in [3.63, 3.8) is 0 Å². The number of Topliss-reactive ketones (excluding diaryl/α,β-unsaturated/α-hetero) is 1. The van der Waals surface area contributed by atoms with Gasteiger partial charge in [-0.25, -0.2) is 0 Å². The average molecular weight is 334 g/mol. The third-order valence-electron chi connectivity index (χ3n) is 3.69. The van der Waals surface area contributed by atoms with Crippen LogP contribution >= 0.6 is 0 Å². The van der Waals surface area contributed by atoms with Crippen molar-refractivity contribution in [2.45, 2.75) is 40.5 Å². The van der Waals surface area contributed by atoms with Crippen molar-refractivity contribution in [1.82, 2.24) is 10.6 Å². The molecule has 0 fully saturated rings. The van der Waals surface area contributed by atoms with Gasteiger partial charge in [-0.1, -0.05) is 12.1 Å². The molecular weight excluding hydrogens is 308 g/mol. The van der Waals surface area contributed by atoms with Crippen molar-refractivity contribution in [2.24, 2.45) is 0 Å². The van der Waals surface area contributed by atoms with Gasteiger partial charge >= 0.3 is 0 Å². The van der Waals surface area contributed by atoms with E-state index in [1.165, 1.54) is 6.92 Å². The Morgan fingerprint density at radius 3 is 2.12 bits per heavy atom. The molecule has 2 amide bonds. The standard InChI is InChI=1S/C18H26N2O4/c1-12-5-6-13(2)18(15(12)4)24-11-17(23)20-10-9-19-16(22)8-7-14(3)21/h5-6H,7-11H2,1-4H3,(H,19,22)(H,20,23). The summed E-state index contributed by atoms with van der Waals surface area (Å²) in [7, 11) is 0. The molecule has 2 N–H and O–H groups in total. The molecule has 0 bridgehead atoms. The molecular formula is C18H26N2O4. The first-order valence-corrected chi connectivity index (χ1v) is 8.03. The van der Waals surface area contributed by atoms with E-state index in [4.69, 9.17) is 4.74 Å². The van der Waals surface area contributed by atoms with Gasteiger partial charge in [0.15, 0.2) is 6.61 Å². The van der Waals surface area contributed by atoms with E-state index >= 15 is 0 Å². The summed E-state index contributed by atoms with van der Waals surface area (Å²) in [6.45, 7) is 7.93. The first-order valence-electron chi connectivity index (χ1n) is 8.03. The van der Waals surface area contributed by atoms with Crippen LogP contribution in [0.25, 0.3) is 0 Å². The fourth-order valence-corrected chi connectivity index (χ4v) is 2.12. The maximum atomic E-state index is 11.8. The molecule has 0 saturated heterocycles. The van der Waals surface area contributed by atoms with Gasteiger partial charge in [0.25, 0.3) is 5.91 Å². The first-order chi connectivity index (χ1) is 11.3. The van der Waals surface area contributed by atoms with Crippen LogP contribution in [0.1, 0.15) is 36.5 Å². The number of hydrogen-bond donors (Lipinski definition) is 2. The summed E-state index contributed by atoms with van der Waals surface area (Å²) in [6, 6.07) is 3.98. The Labute approximate surface area is 143 Å². The summed E-state index contributed by atoms with van der Waals surface area (Å²) in [5, 5.41) is 5.33. The van der Waals surface area contributed by atoms with Gasteiger partial charge in [0.2, 0.25) is 5.91 Å². The highest BCUT2D eigenvalue weighted by Crippen LogP contribution is 2.25. The lowest BCUT2D eigenvalue weighted by molar-refractivity contribution is -0.125. The van der Waals surface area contributed by atoms with E-state index in [9.17, 15) is 14.4 Å². The third-order valence-corrected chi connectivity index (χ3v) is 3.69. The van der Waals surface area contributed by atoms with E-state index in [0.717, 1.165) is 22.4 Å². The van der Waals surface area contributed by atoms with Gasteiger partial charge in [-0.3, -0.25) is 9.59 Å². The predicted molar refractivity (Wildman–Crippen MR) is 92.1 cm³/mol. The molecule has 0 aliphatic carbocycles. The van der Waals surface area contributed by atoms with Crippen LogP contribution in [0.5, 0.6) is 5.75 Å². The Morgan fingerprint density at radius 2 is 1.50 bits per heavy atom. The second-order valence-corrected chi connectivity index (χ2v) is 5.84. The molecule has 0 atom stereocenters. The SMILES string of the molecule is CC(=O)CCC(=O)NCCNC(=O)COc1c(C)ccc(C)c1C. The van der Waals surface area contributed by atoms with E-state index in [0.29, 0.717) is 13.1 Å². The first kappa shape index (κ1) is 19.7. The van der Waals surface area contributed by atoms with E-state index in [1.807, 2.05) is 32.9 Å². The summed E-state index contributed by atoms with van der Waals surface area (Å²) in [5.41, 5.74) is 3.13. The Hall–Kier alpha value is -2.37. The monoisotopic (exact) mass is 334 g/mol.